The van der Waals surface area contributed by atoms with Crippen LogP contribution in [0.2, 0.25) is 0 Å². The highest BCUT2D eigenvalue weighted by Crippen LogP contribution is 2.35. The number of fused-ring (bicyclic) bond motifs is 1. The number of nitrogens with zero attached hydrogens (tertiary/aromatic N) is 1. The van der Waals surface area contributed by atoms with Gasteiger partial charge in [-0.05, 0) is 44.3 Å². The smallest absolute Gasteiger partial charge is 0.161 e. The summed E-state index contributed by atoms with van der Waals surface area (Å²) in [7, 11) is 3.91. The van der Waals surface area contributed by atoms with E-state index in [4.69, 9.17) is 9.47 Å². The van der Waals surface area contributed by atoms with Gasteiger partial charge in [-0.15, -0.1) is 0 Å². The maximum absolute atomic E-state index is 9.46. The Morgan fingerprint density at radius 3 is 2.35 bits per heavy atom. The van der Waals surface area contributed by atoms with Crippen LogP contribution in [0.1, 0.15) is 17.2 Å². The molecule has 94 valence electrons. The van der Waals surface area contributed by atoms with Gasteiger partial charge in [0.05, 0.1) is 12.6 Å². The van der Waals surface area contributed by atoms with Gasteiger partial charge in [0.1, 0.15) is 13.2 Å². The number of likely N-dealkylation sites (N-methyl/N-ethyl adjacent to an activating group) is 1. The third kappa shape index (κ3) is 2.37. The van der Waals surface area contributed by atoms with Crippen LogP contribution < -0.4 is 9.47 Å². The summed E-state index contributed by atoms with van der Waals surface area (Å²) in [6.45, 7) is 3.30. The summed E-state index contributed by atoms with van der Waals surface area (Å²) in [6, 6.07) is 3.95. The normalized spacial score (nSPS) is 16.1. The minimum atomic E-state index is -0.00849. The number of rotatable bonds is 3. The second-order valence-corrected chi connectivity index (χ2v) is 4.51. The van der Waals surface area contributed by atoms with Crippen LogP contribution in [0.3, 0.4) is 0 Å². The van der Waals surface area contributed by atoms with Crippen molar-refractivity contribution in [2.24, 2.45) is 0 Å². The molecule has 4 nitrogen and oxygen atoms in total. The second-order valence-electron chi connectivity index (χ2n) is 4.51. The zero-order valence-corrected chi connectivity index (χ0v) is 10.6. The lowest BCUT2D eigenvalue weighted by Gasteiger charge is -2.27. The van der Waals surface area contributed by atoms with E-state index in [0.717, 1.165) is 22.6 Å². The number of hydrogen-bond donors (Lipinski definition) is 1. The number of aliphatic hydroxyl groups excluding tert-OH is 1. The fourth-order valence-corrected chi connectivity index (χ4v) is 2.10. The van der Waals surface area contributed by atoms with E-state index in [1.54, 1.807) is 0 Å². The first-order chi connectivity index (χ1) is 8.13. The SMILES string of the molecule is Cc1cc2c(cc1C(CO)N(C)C)OCCO2. The molecule has 1 aliphatic rings. The summed E-state index contributed by atoms with van der Waals surface area (Å²) in [6.07, 6.45) is 0. The van der Waals surface area contributed by atoms with Crippen LogP contribution in [0, 0.1) is 6.92 Å². The van der Waals surface area contributed by atoms with Crippen LogP contribution in [0.4, 0.5) is 0 Å². The molecule has 1 aliphatic heterocycles. The lowest BCUT2D eigenvalue weighted by molar-refractivity contribution is 0.162. The predicted molar refractivity (Wildman–Crippen MR) is 65.7 cm³/mol. The van der Waals surface area contributed by atoms with Crippen molar-refractivity contribution in [1.82, 2.24) is 4.90 Å². The first-order valence-corrected chi connectivity index (χ1v) is 5.81. The summed E-state index contributed by atoms with van der Waals surface area (Å²) in [5.74, 6) is 1.57. The van der Waals surface area contributed by atoms with E-state index in [9.17, 15) is 5.11 Å². The molecule has 0 saturated carbocycles. The van der Waals surface area contributed by atoms with E-state index in [1.807, 2.05) is 38.1 Å². The molecule has 1 atom stereocenters. The molecule has 0 fully saturated rings. The molecule has 0 saturated heterocycles. The number of ether oxygens (including phenoxy) is 2. The van der Waals surface area contributed by atoms with Crippen LogP contribution in [0.5, 0.6) is 11.5 Å². The highest BCUT2D eigenvalue weighted by atomic mass is 16.6. The molecule has 0 spiro atoms. The summed E-state index contributed by atoms with van der Waals surface area (Å²) in [5, 5.41) is 9.46. The summed E-state index contributed by atoms with van der Waals surface area (Å²) in [4.78, 5) is 2.00. The zero-order chi connectivity index (χ0) is 12.4. The van der Waals surface area contributed by atoms with E-state index < -0.39 is 0 Å². The van der Waals surface area contributed by atoms with Gasteiger partial charge >= 0.3 is 0 Å². The largest absolute Gasteiger partial charge is 0.486 e. The number of aryl methyl sites for hydroxylation is 1. The molecule has 1 aromatic rings. The standard InChI is InChI=1S/C13H19NO3/c1-9-6-12-13(17-5-4-16-12)7-10(9)11(8-15)14(2)3/h6-7,11,15H,4-5,8H2,1-3H3. The third-order valence-corrected chi connectivity index (χ3v) is 3.09. The van der Waals surface area contributed by atoms with Crippen LogP contribution in [-0.4, -0.2) is 43.9 Å². The van der Waals surface area contributed by atoms with Crippen molar-refractivity contribution in [2.75, 3.05) is 33.9 Å². The fraction of sp³-hybridized carbons (Fsp3) is 0.538. The summed E-state index contributed by atoms with van der Waals surface area (Å²) < 4.78 is 11.1. The summed E-state index contributed by atoms with van der Waals surface area (Å²) in [5.41, 5.74) is 2.20. The zero-order valence-electron chi connectivity index (χ0n) is 10.6. The van der Waals surface area contributed by atoms with Gasteiger partial charge in [-0.1, -0.05) is 0 Å². The molecule has 0 bridgehead atoms. The molecule has 1 unspecified atom stereocenters. The van der Waals surface area contributed by atoms with Crippen molar-refractivity contribution in [3.63, 3.8) is 0 Å². The molecule has 17 heavy (non-hydrogen) atoms. The topological polar surface area (TPSA) is 41.9 Å². The molecule has 2 rings (SSSR count). The Morgan fingerprint density at radius 1 is 1.24 bits per heavy atom. The van der Waals surface area contributed by atoms with Gasteiger partial charge in [0.25, 0.3) is 0 Å². The van der Waals surface area contributed by atoms with Crippen LogP contribution in [0.25, 0.3) is 0 Å². The van der Waals surface area contributed by atoms with Gasteiger partial charge in [-0.25, -0.2) is 0 Å². The Morgan fingerprint density at radius 2 is 1.82 bits per heavy atom. The average Bonchev–Trinajstić information content (AvgIpc) is 2.30. The molecule has 0 aromatic heterocycles. The average molecular weight is 237 g/mol. The Labute approximate surface area is 102 Å². The Kier molecular flexibility index (Phi) is 3.54. The van der Waals surface area contributed by atoms with E-state index in [-0.39, 0.29) is 12.6 Å². The van der Waals surface area contributed by atoms with Crippen LogP contribution in [-0.2, 0) is 0 Å². The molecular weight excluding hydrogens is 218 g/mol. The molecule has 0 aliphatic carbocycles. The van der Waals surface area contributed by atoms with Gasteiger partial charge in [0, 0.05) is 0 Å². The quantitative estimate of drug-likeness (QED) is 0.862. The lowest BCUT2D eigenvalue weighted by Crippen LogP contribution is -2.24. The molecule has 0 radical (unpaired) electrons. The van der Waals surface area contributed by atoms with Gasteiger partial charge in [0.2, 0.25) is 0 Å². The monoisotopic (exact) mass is 237 g/mol. The van der Waals surface area contributed by atoms with E-state index in [2.05, 4.69) is 0 Å². The third-order valence-electron chi connectivity index (χ3n) is 3.09. The maximum Gasteiger partial charge on any atom is 0.161 e. The number of aliphatic hydroxyl groups is 1. The Bertz CT molecular complexity index is 404. The molecular formula is C13H19NO3. The molecule has 0 amide bonds. The maximum atomic E-state index is 9.46. The van der Waals surface area contributed by atoms with Crippen molar-refractivity contribution >= 4 is 0 Å². The second kappa shape index (κ2) is 4.94. The molecule has 1 heterocycles. The van der Waals surface area contributed by atoms with Crippen molar-refractivity contribution in [3.8, 4) is 11.5 Å². The van der Waals surface area contributed by atoms with E-state index in [0.29, 0.717) is 13.2 Å². The highest BCUT2D eigenvalue weighted by molar-refractivity contribution is 5.48. The Balaban J connectivity index is 2.40. The lowest BCUT2D eigenvalue weighted by atomic mass is 10.00. The first kappa shape index (κ1) is 12.2. The van der Waals surface area contributed by atoms with Gasteiger partial charge in [-0.2, -0.15) is 0 Å². The van der Waals surface area contributed by atoms with Gasteiger partial charge in [-0.3, -0.25) is 0 Å². The predicted octanol–water partition coefficient (Wildman–Crippen LogP) is 1.36. The molecule has 1 aromatic carbocycles. The van der Waals surface area contributed by atoms with Crippen molar-refractivity contribution in [1.29, 1.82) is 0 Å². The van der Waals surface area contributed by atoms with Gasteiger partial charge in [0.15, 0.2) is 11.5 Å². The fourth-order valence-electron chi connectivity index (χ4n) is 2.10. The minimum absolute atomic E-state index is 0.00849. The minimum Gasteiger partial charge on any atom is -0.486 e. The van der Waals surface area contributed by atoms with Crippen LogP contribution in [0.15, 0.2) is 12.1 Å². The van der Waals surface area contributed by atoms with E-state index in [1.165, 1.54) is 0 Å². The Hall–Kier alpha value is -1.26. The van der Waals surface area contributed by atoms with Crippen molar-refractivity contribution < 1.29 is 14.6 Å². The van der Waals surface area contributed by atoms with Crippen molar-refractivity contribution in [2.45, 2.75) is 13.0 Å². The highest BCUT2D eigenvalue weighted by Gasteiger charge is 2.20. The first-order valence-electron chi connectivity index (χ1n) is 5.81. The van der Waals surface area contributed by atoms with Crippen molar-refractivity contribution in [3.05, 3.63) is 23.3 Å². The van der Waals surface area contributed by atoms with E-state index >= 15 is 0 Å². The number of benzene rings is 1. The number of hydrogen-bond acceptors (Lipinski definition) is 4. The summed E-state index contributed by atoms with van der Waals surface area (Å²) >= 11 is 0. The molecule has 1 N–H and O–H groups in total. The van der Waals surface area contributed by atoms with Crippen LogP contribution >= 0.6 is 0 Å². The molecule has 4 heteroatoms. The van der Waals surface area contributed by atoms with Gasteiger partial charge < -0.3 is 19.5 Å².